The summed E-state index contributed by atoms with van der Waals surface area (Å²) in [6.07, 6.45) is 3.17. The van der Waals surface area contributed by atoms with Crippen molar-refractivity contribution in [3.8, 4) is 16.9 Å². The number of halogens is 2. The third-order valence-corrected chi connectivity index (χ3v) is 4.51. The average molecular weight is 394 g/mol. The van der Waals surface area contributed by atoms with Crippen molar-refractivity contribution >= 4 is 11.6 Å². The highest BCUT2D eigenvalue weighted by Gasteiger charge is 2.24. The van der Waals surface area contributed by atoms with E-state index in [1.165, 1.54) is 4.68 Å². The summed E-state index contributed by atoms with van der Waals surface area (Å²) in [6.45, 7) is 2.37. The second-order valence-corrected chi connectivity index (χ2v) is 6.40. The summed E-state index contributed by atoms with van der Waals surface area (Å²) < 4.78 is 30.0. The van der Waals surface area contributed by atoms with Crippen molar-refractivity contribution in [3.63, 3.8) is 0 Å². The molecule has 8 heteroatoms. The molecular weight excluding hydrogens is 378 g/mol. The SMILES string of the molecule is CCn1cc(C(=O)Nc2ccc(F)cc2F)c2nn(-c3ccccc3)c(=O)c-2c1. The lowest BCUT2D eigenvalue weighted by molar-refractivity contribution is 0.102. The molecule has 0 radical (unpaired) electrons. The molecule has 2 aromatic carbocycles. The van der Waals surface area contributed by atoms with Gasteiger partial charge in [-0.1, -0.05) is 18.2 Å². The quantitative estimate of drug-likeness (QED) is 0.574. The molecule has 0 atom stereocenters. The molecule has 146 valence electrons. The summed E-state index contributed by atoms with van der Waals surface area (Å²) in [7, 11) is 0. The highest BCUT2D eigenvalue weighted by atomic mass is 19.1. The number of carbonyl (C=O) groups excluding carboxylic acids is 1. The van der Waals surface area contributed by atoms with Gasteiger partial charge in [-0.05, 0) is 31.2 Å². The summed E-state index contributed by atoms with van der Waals surface area (Å²) in [5, 5.41) is 6.75. The lowest BCUT2D eigenvalue weighted by Crippen LogP contribution is -2.18. The first kappa shape index (κ1) is 18.5. The molecule has 0 saturated heterocycles. The van der Waals surface area contributed by atoms with E-state index in [1.807, 2.05) is 13.0 Å². The largest absolute Gasteiger partial charge is 0.353 e. The van der Waals surface area contributed by atoms with Crippen LogP contribution in [0.4, 0.5) is 14.5 Å². The fourth-order valence-corrected chi connectivity index (χ4v) is 3.03. The number of aryl methyl sites for hydroxylation is 1. The molecule has 0 unspecified atom stereocenters. The van der Waals surface area contributed by atoms with Gasteiger partial charge < -0.3 is 9.88 Å². The fraction of sp³-hybridized carbons (Fsp3) is 0.0952. The van der Waals surface area contributed by atoms with Crippen LogP contribution in [-0.4, -0.2) is 20.3 Å². The molecule has 29 heavy (non-hydrogen) atoms. The Morgan fingerprint density at radius 1 is 1.10 bits per heavy atom. The molecule has 0 fully saturated rings. The summed E-state index contributed by atoms with van der Waals surface area (Å²) in [5.74, 6) is -2.29. The molecule has 1 N–H and O–H groups in total. The van der Waals surface area contributed by atoms with Crippen LogP contribution in [0.1, 0.15) is 17.3 Å². The van der Waals surface area contributed by atoms with Crippen molar-refractivity contribution in [3.05, 3.63) is 88.5 Å². The normalized spacial score (nSPS) is 11.0. The topological polar surface area (TPSA) is 68.9 Å². The molecule has 6 nitrogen and oxygen atoms in total. The number of hydrogen-bond acceptors (Lipinski definition) is 3. The van der Waals surface area contributed by atoms with Crippen molar-refractivity contribution in [1.82, 2.24) is 14.3 Å². The Balaban J connectivity index is 1.83. The van der Waals surface area contributed by atoms with E-state index < -0.39 is 17.5 Å². The number of fused-ring (bicyclic) bond motifs is 1. The van der Waals surface area contributed by atoms with Gasteiger partial charge >= 0.3 is 0 Å². The zero-order chi connectivity index (χ0) is 20.5. The van der Waals surface area contributed by atoms with Crippen LogP contribution in [-0.2, 0) is 6.54 Å². The molecule has 0 bridgehead atoms. The number of para-hydroxylation sites is 1. The number of nitrogens with zero attached hydrogens (tertiary/aromatic N) is 3. The van der Waals surface area contributed by atoms with Gasteiger partial charge in [0.1, 0.15) is 17.3 Å². The number of aromatic nitrogens is 3. The molecule has 2 aliphatic heterocycles. The zero-order valence-corrected chi connectivity index (χ0v) is 15.4. The van der Waals surface area contributed by atoms with Crippen molar-refractivity contribution in [1.29, 1.82) is 0 Å². The first-order valence-electron chi connectivity index (χ1n) is 8.92. The summed E-state index contributed by atoms with van der Waals surface area (Å²) in [6, 6.07) is 11.7. The van der Waals surface area contributed by atoms with Gasteiger partial charge in [-0.15, -0.1) is 0 Å². The molecular formula is C21H16F2N4O2. The summed E-state index contributed by atoms with van der Waals surface area (Å²) in [5.41, 5.74) is 0.608. The highest BCUT2D eigenvalue weighted by Crippen LogP contribution is 2.24. The maximum atomic E-state index is 13.9. The van der Waals surface area contributed by atoms with Crippen LogP contribution < -0.4 is 10.9 Å². The van der Waals surface area contributed by atoms with E-state index >= 15 is 0 Å². The van der Waals surface area contributed by atoms with Crippen LogP contribution in [0.2, 0.25) is 0 Å². The first-order valence-corrected chi connectivity index (χ1v) is 8.92. The van der Waals surface area contributed by atoms with Crippen molar-refractivity contribution in [2.75, 3.05) is 5.32 Å². The predicted molar refractivity (Wildman–Crippen MR) is 104 cm³/mol. The molecule has 0 aliphatic carbocycles. The fourth-order valence-electron chi connectivity index (χ4n) is 3.03. The Labute approximate surface area is 164 Å². The third kappa shape index (κ3) is 3.40. The zero-order valence-electron chi connectivity index (χ0n) is 15.4. The minimum atomic E-state index is -0.895. The van der Waals surface area contributed by atoms with Gasteiger partial charge in [0.25, 0.3) is 11.5 Å². The molecule has 0 aromatic heterocycles. The Morgan fingerprint density at radius 2 is 1.86 bits per heavy atom. The molecule has 2 aliphatic rings. The van der Waals surface area contributed by atoms with Crippen LogP contribution in [0.15, 0.2) is 65.7 Å². The maximum Gasteiger partial charge on any atom is 0.282 e. The number of hydrogen-bond donors (Lipinski definition) is 1. The van der Waals surface area contributed by atoms with Gasteiger partial charge in [0.05, 0.1) is 22.5 Å². The molecule has 0 spiro atoms. The van der Waals surface area contributed by atoms with Crippen LogP contribution >= 0.6 is 0 Å². The van der Waals surface area contributed by atoms with E-state index in [9.17, 15) is 18.4 Å². The number of anilines is 1. The van der Waals surface area contributed by atoms with Gasteiger partial charge in [-0.2, -0.15) is 9.78 Å². The van der Waals surface area contributed by atoms with Crippen LogP contribution in [0.25, 0.3) is 16.9 Å². The van der Waals surface area contributed by atoms with E-state index in [4.69, 9.17) is 0 Å². The van der Waals surface area contributed by atoms with E-state index in [1.54, 1.807) is 41.2 Å². The molecule has 0 saturated carbocycles. The Morgan fingerprint density at radius 3 is 2.55 bits per heavy atom. The van der Waals surface area contributed by atoms with E-state index in [0.717, 1.165) is 12.1 Å². The van der Waals surface area contributed by atoms with E-state index in [2.05, 4.69) is 10.4 Å². The number of amides is 1. The summed E-state index contributed by atoms with van der Waals surface area (Å²) >= 11 is 0. The second kappa shape index (κ2) is 7.31. The predicted octanol–water partition coefficient (Wildman–Crippen LogP) is 3.69. The number of pyridine rings is 1. The van der Waals surface area contributed by atoms with E-state index in [-0.39, 0.29) is 28.1 Å². The number of carbonyl (C=O) groups is 1. The van der Waals surface area contributed by atoms with Crippen molar-refractivity contribution in [2.24, 2.45) is 0 Å². The molecule has 4 rings (SSSR count). The summed E-state index contributed by atoms with van der Waals surface area (Å²) in [4.78, 5) is 25.7. The average Bonchev–Trinajstić information content (AvgIpc) is 3.06. The van der Waals surface area contributed by atoms with Gasteiger partial charge in [0.2, 0.25) is 0 Å². The van der Waals surface area contributed by atoms with Crippen LogP contribution in [0.3, 0.4) is 0 Å². The monoisotopic (exact) mass is 394 g/mol. The number of rotatable bonds is 4. The second-order valence-electron chi connectivity index (χ2n) is 6.40. The van der Waals surface area contributed by atoms with Gasteiger partial charge in [-0.25, -0.2) is 8.78 Å². The first-order chi connectivity index (χ1) is 14.0. The van der Waals surface area contributed by atoms with Gasteiger partial charge in [0, 0.05) is 25.0 Å². The maximum absolute atomic E-state index is 13.9. The number of nitrogens with one attached hydrogen (secondary N) is 1. The molecule has 2 heterocycles. The van der Waals surface area contributed by atoms with Crippen molar-refractivity contribution < 1.29 is 13.6 Å². The smallest absolute Gasteiger partial charge is 0.282 e. The Hall–Kier alpha value is -3.81. The van der Waals surface area contributed by atoms with Crippen molar-refractivity contribution in [2.45, 2.75) is 13.5 Å². The highest BCUT2D eigenvalue weighted by molar-refractivity contribution is 6.08. The standard InChI is InChI=1S/C21H16F2N4O2/c1-2-26-11-15(20(28)24-18-9-8-13(22)10-17(18)23)19-16(12-26)21(29)27(25-19)14-6-4-3-5-7-14/h3-12H,2H2,1H3,(H,24,28). The van der Waals surface area contributed by atoms with Crippen LogP contribution in [0, 0.1) is 11.6 Å². The molecule has 2 aromatic rings. The number of benzene rings is 2. The van der Waals surface area contributed by atoms with Gasteiger partial charge in [0.15, 0.2) is 0 Å². The lowest BCUT2D eigenvalue weighted by Gasteiger charge is -2.12. The van der Waals surface area contributed by atoms with Crippen LogP contribution in [0.5, 0.6) is 0 Å². The Bertz CT molecular complexity index is 1230. The van der Waals surface area contributed by atoms with E-state index in [0.29, 0.717) is 18.3 Å². The minimum Gasteiger partial charge on any atom is -0.353 e. The minimum absolute atomic E-state index is 0.111. The molecule has 1 amide bonds. The Kier molecular flexibility index (Phi) is 4.67. The lowest BCUT2D eigenvalue weighted by atomic mass is 10.1. The van der Waals surface area contributed by atoms with Gasteiger partial charge in [-0.3, -0.25) is 9.59 Å². The third-order valence-electron chi connectivity index (χ3n) is 4.51.